The second kappa shape index (κ2) is 6.56. The van der Waals surface area contributed by atoms with Crippen molar-refractivity contribution in [1.82, 2.24) is 20.0 Å². The van der Waals surface area contributed by atoms with Crippen molar-refractivity contribution in [2.24, 2.45) is 11.8 Å². The Kier molecular flexibility index (Phi) is 4.10. The standard InChI is InChI=1S/C22H24N4O3/c1-14-4-3-5-15(10-14)11-26-13-22-8-6-17(29-22)18(19(22)21(26)28)20(27)25(2)12-16-7-9-23-24-16/h3-10,17-19H,11-13H2,1-2H3,(H,23,24)/t17-,18-,19+,22-/m0/s1. The summed E-state index contributed by atoms with van der Waals surface area (Å²) < 4.78 is 6.22. The van der Waals surface area contributed by atoms with Crippen LogP contribution in [-0.4, -0.2) is 57.1 Å². The minimum absolute atomic E-state index is 0.00615. The first-order valence-corrected chi connectivity index (χ1v) is 9.92. The fraction of sp³-hybridized carbons (Fsp3) is 0.409. The lowest BCUT2D eigenvalue weighted by Gasteiger charge is -2.27. The van der Waals surface area contributed by atoms with Gasteiger partial charge in [-0.3, -0.25) is 14.7 Å². The van der Waals surface area contributed by atoms with Gasteiger partial charge in [0.25, 0.3) is 0 Å². The first-order chi connectivity index (χ1) is 14.0. The molecule has 2 fully saturated rings. The molecule has 29 heavy (non-hydrogen) atoms. The van der Waals surface area contributed by atoms with Gasteiger partial charge < -0.3 is 14.5 Å². The maximum absolute atomic E-state index is 13.3. The number of aromatic nitrogens is 2. The Hall–Kier alpha value is -2.93. The molecule has 7 heteroatoms. The molecule has 0 radical (unpaired) electrons. The summed E-state index contributed by atoms with van der Waals surface area (Å²) in [7, 11) is 1.76. The molecule has 0 unspecified atom stereocenters. The molecule has 150 valence electrons. The van der Waals surface area contributed by atoms with Crippen LogP contribution in [0.2, 0.25) is 0 Å². The van der Waals surface area contributed by atoms with E-state index in [4.69, 9.17) is 4.74 Å². The molecule has 1 N–H and O–H groups in total. The average molecular weight is 392 g/mol. The fourth-order valence-electron chi connectivity index (χ4n) is 4.99. The summed E-state index contributed by atoms with van der Waals surface area (Å²) in [6.45, 7) is 3.49. The SMILES string of the molecule is Cc1cccc(CN2C[C@]34C=C[C@H](O3)[C@H](C(=O)N(C)Cc3ccn[nH]3)[C@@H]4C2=O)c1. The molecule has 3 aliphatic heterocycles. The van der Waals surface area contributed by atoms with Crippen molar-refractivity contribution in [3.8, 4) is 0 Å². The summed E-state index contributed by atoms with van der Waals surface area (Å²) in [6.07, 6.45) is 5.28. The molecule has 2 saturated heterocycles. The first kappa shape index (κ1) is 18.1. The molecule has 1 aromatic heterocycles. The van der Waals surface area contributed by atoms with Crippen LogP contribution in [0.15, 0.2) is 48.7 Å². The summed E-state index contributed by atoms with van der Waals surface area (Å²) >= 11 is 0. The van der Waals surface area contributed by atoms with E-state index >= 15 is 0 Å². The van der Waals surface area contributed by atoms with Crippen molar-refractivity contribution in [3.63, 3.8) is 0 Å². The summed E-state index contributed by atoms with van der Waals surface area (Å²) in [5, 5.41) is 6.81. The quantitative estimate of drug-likeness (QED) is 0.785. The van der Waals surface area contributed by atoms with Gasteiger partial charge in [-0.2, -0.15) is 5.10 Å². The van der Waals surface area contributed by atoms with Crippen molar-refractivity contribution >= 4 is 11.8 Å². The molecule has 2 amide bonds. The number of fused-ring (bicyclic) bond motifs is 1. The molecule has 2 bridgehead atoms. The van der Waals surface area contributed by atoms with Crippen molar-refractivity contribution in [2.75, 3.05) is 13.6 Å². The Bertz CT molecular complexity index is 986. The van der Waals surface area contributed by atoms with E-state index < -0.39 is 17.4 Å². The number of rotatable bonds is 5. The van der Waals surface area contributed by atoms with Crippen LogP contribution >= 0.6 is 0 Å². The van der Waals surface area contributed by atoms with Crippen LogP contribution in [0, 0.1) is 18.8 Å². The maximum atomic E-state index is 13.3. The van der Waals surface area contributed by atoms with Crippen LogP contribution in [0.4, 0.5) is 0 Å². The number of benzene rings is 1. The molecule has 1 aromatic carbocycles. The van der Waals surface area contributed by atoms with Gasteiger partial charge in [-0.05, 0) is 18.6 Å². The van der Waals surface area contributed by atoms with Gasteiger partial charge in [-0.25, -0.2) is 0 Å². The molecular weight excluding hydrogens is 368 g/mol. The van der Waals surface area contributed by atoms with Crippen LogP contribution in [0.5, 0.6) is 0 Å². The van der Waals surface area contributed by atoms with Gasteiger partial charge in [0, 0.05) is 19.8 Å². The predicted molar refractivity (Wildman–Crippen MR) is 105 cm³/mol. The van der Waals surface area contributed by atoms with E-state index in [0.717, 1.165) is 16.8 Å². The zero-order valence-electron chi connectivity index (χ0n) is 16.5. The summed E-state index contributed by atoms with van der Waals surface area (Å²) in [5.41, 5.74) is 2.43. The number of hydrogen-bond acceptors (Lipinski definition) is 4. The number of nitrogens with one attached hydrogen (secondary N) is 1. The van der Waals surface area contributed by atoms with E-state index in [1.54, 1.807) is 18.1 Å². The number of amides is 2. The molecule has 0 saturated carbocycles. The summed E-state index contributed by atoms with van der Waals surface area (Å²) in [6, 6.07) is 10.0. The number of carbonyl (C=O) groups excluding carboxylic acids is 2. The fourth-order valence-corrected chi connectivity index (χ4v) is 4.99. The van der Waals surface area contributed by atoms with E-state index in [1.807, 2.05) is 48.2 Å². The van der Waals surface area contributed by atoms with E-state index in [1.165, 1.54) is 0 Å². The average Bonchev–Trinajstić information content (AvgIpc) is 3.45. The maximum Gasteiger partial charge on any atom is 0.230 e. The monoisotopic (exact) mass is 392 g/mol. The molecule has 7 nitrogen and oxygen atoms in total. The second-order valence-electron chi connectivity index (χ2n) is 8.36. The van der Waals surface area contributed by atoms with E-state index in [9.17, 15) is 9.59 Å². The Morgan fingerprint density at radius 1 is 1.41 bits per heavy atom. The molecule has 3 aliphatic rings. The Morgan fingerprint density at radius 3 is 3.03 bits per heavy atom. The Balaban J connectivity index is 1.37. The van der Waals surface area contributed by atoms with Gasteiger partial charge in [-0.1, -0.05) is 42.0 Å². The third kappa shape index (κ3) is 2.88. The number of carbonyl (C=O) groups is 2. The van der Waals surface area contributed by atoms with Crippen molar-refractivity contribution in [3.05, 3.63) is 65.5 Å². The predicted octanol–water partition coefficient (Wildman–Crippen LogP) is 1.66. The van der Waals surface area contributed by atoms with Crippen LogP contribution in [0.1, 0.15) is 16.8 Å². The normalized spacial score (nSPS) is 29.5. The second-order valence-corrected chi connectivity index (χ2v) is 8.36. The third-order valence-electron chi connectivity index (χ3n) is 6.26. The summed E-state index contributed by atoms with van der Waals surface area (Å²) in [4.78, 5) is 30.1. The molecular formula is C22H24N4O3. The summed E-state index contributed by atoms with van der Waals surface area (Å²) in [5.74, 6) is -1.000. The van der Waals surface area contributed by atoms with Crippen LogP contribution in [0.25, 0.3) is 0 Å². The van der Waals surface area contributed by atoms with Gasteiger partial charge in [0.15, 0.2) is 0 Å². The molecule has 4 heterocycles. The largest absolute Gasteiger partial charge is 0.360 e. The van der Waals surface area contributed by atoms with E-state index in [0.29, 0.717) is 19.6 Å². The number of aromatic amines is 1. The van der Waals surface area contributed by atoms with Gasteiger partial charge in [0.2, 0.25) is 11.8 Å². The molecule has 1 spiro atoms. The van der Waals surface area contributed by atoms with Crippen molar-refractivity contribution in [2.45, 2.75) is 31.7 Å². The first-order valence-electron chi connectivity index (χ1n) is 9.92. The molecule has 0 aliphatic carbocycles. The van der Waals surface area contributed by atoms with Crippen molar-refractivity contribution < 1.29 is 14.3 Å². The van der Waals surface area contributed by atoms with E-state index in [-0.39, 0.29) is 17.9 Å². The highest BCUT2D eigenvalue weighted by Crippen LogP contribution is 2.52. The van der Waals surface area contributed by atoms with E-state index in [2.05, 4.69) is 16.3 Å². The number of aryl methyl sites for hydroxylation is 1. The Morgan fingerprint density at radius 2 is 2.28 bits per heavy atom. The number of likely N-dealkylation sites (tertiary alicyclic amines) is 1. The van der Waals surface area contributed by atoms with Crippen LogP contribution < -0.4 is 0 Å². The zero-order chi connectivity index (χ0) is 20.2. The third-order valence-corrected chi connectivity index (χ3v) is 6.26. The topological polar surface area (TPSA) is 78.5 Å². The lowest BCUT2D eigenvalue weighted by molar-refractivity contribution is -0.142. The van der Waals surface area contributed by atoms with Crippen LogP contribution in [0.3, 0.4) is 0 Å². The van der Waals surface area contributed by atoms with Crippen molar-refractivity contribution in [1.29, 1.82) is 0 Å². The lowest BCUT2D eigenvalue weighted by Crippen LogP contribution is -2.44. The number of H-pyrrole nitrogens is 1. The van der Waals surface area contributed by atoms with Crippen LogP contribution in [-0.2, 0) is 27.4 Å². The Labute approximate surface area is 169 Å². The number of nitrogens with zero attached hydrogens (tertiary/aromatic N) is 3. The number of ether oxygens (including phenoxy) is 1. The highest BCUT2D eigenvalue weighted by Gasteiger charge is 2.67. The van der Waals surface area contributed by atoms with Gasteiger partial charge in [0.1, 0.15) is 5.60 Å². The molecule has 4 atom stereocenters. The highest BCUT2D eigenvalue weighted by atomic mass is 16.5. The van der Waals surface area contributed by atoms with Gasteiger partial charge in [0.05, 0.1) is 36.7 Å². The molecule has 2 aromatic rings. The van der Waals surface area contributed by atoms with Gasteiger partial charge in [-0.15, -0.1) is 0 Å². The minimum Gasteiger partial charge on any atom is -0.360 e. The zero-order valence-corrected chi connectivity index (χ0v) is 16.5. The highest BCUT2D eigenvalue weighted by molar-refractivity contribution is 5.93. The van der Waals surface area contributed by atoms with Gasteiger partial charge >= 0.3 is 0 Å². The molecule has 5 rings (SSSR count). The lowest BCUT2D eigenvalue weighted by atomic mass is 9.76. The smallest absolute Gasteiger partial charge is 0.230 e. The number of hydrogen-bond donors (Lipinski definition) is 1. The minimum atomic E-state index is -0.680.